The number of rotatable bonds is 3. The summed E-state index contributed by atoms with van der Waals surface area (Å²) in [5.74, 6) is -0.143. The summed E-state index contributed by atoms with van der Waals surface area (Å²) in [4.78, 5) is 20.2. The second-order valence-electron chi connectivity index (χ2n) is 4.66. The molecule has 2 aromatic carbocycles. The second-order valence-corrected chi connectivity index (χ2v) is 5.47. The summed E-state index contributed by atoms with van der Waals surface area (Å²) in [5.41, 5.74) is 1.32. The highest BCUT2D eigenvalue weighted by Gasteiger charge is 2.14. The van der Waals surface area contributed by atoms with E-state index in [0.29, 0.717) is 27.1 Å². The fourth-order valence-electron chi connectivity index (χ4n) is 2.07. The number of halogens is 2. The maximum Gasteiger partial charge on any atom is 0.376 e. The van der Waals surface area contributed by atoms with Crippen LogP contribution in [0.1, 0.15) is 10.6 Å². The minimum Gasteiger partial charge on any atom is -0.463 e. The van der Waals surface area contributed by atoms with Crippen LogP contribution in [0.5, 0.6) is 0 Å². The molecule has 0 atom stereocenters. The maximum atomic E-state index is 11.7. The number of anilines is 2. The molecule has 0 saturated heterocycles. The predicted molar refractivity (Wildman–Crippen MR) is 90.6 cm³/mol. The Morgan fingerprint density at radius 1 is 1.09 bits per heavy atom. The highest BCUT2D eigenvalue weighted by Crippen LogP contribution is 2.29. The molecule has 0 fully saturated rings. The van der Waals surface area contributed by atoms with Gasteiger partial charge in [-0.25, -0.2) is 14.8 Å². The van der Waals surface area contributed by atoms with Crippen molar-refractivity contribution >= 4 is 51.6 Å². The summed E-state index contributed by atoms with van der Waals surface area (Å²) in [6.45, 7) is 0. The van der Waals surface area contributed by atoms with Crippen molar-refractivity contribution in [1.29, 1.82) is 0 Å². The molecular formula is C16H11Cl2N3O2. The first kappa shape index (κ1) is 15.5. The maximum absolute atomic E-state index is 11.7. The summed E-state index contributed by atoms with van der Waals surface area (Å²) >= 11 is 11.9. The van der Waals surface area contributed by atoms with Gasteiger partial charge in [0.15, 0.2) is 0 Å². The number of carbonyl (C=O) groups excluding carboxylic acids is 1. The topological polar surface area (TPSA) is 64.1 Å². The molecule has 0 saturated carbocycles. The zero-order valence-corrected chi connectivity index (χ0v) is 13.5. The Hall–Kier alpha value is -2.37. The second kappa shape index (κ2) is 6.40. The van der Waals surface area contributed by atoms with Gasteiger partial charge < -0.3 is 10.1 Å². The third-order valence-electron chi connectivity index (χ3n) is 3.15. The summed E-state index contributed by atoms with van der Waals surface area (Å²) in [5, 5.41) is 4.78. The first-order chi connectivity index (χ1) is 11.1. The third-order valence-corrected chi connectivity index (χ3v) is 3.89. The van der Waals surface area contributed by atoms with Crippen LogP contribution in [0.2, 0.25) is 10.0 Å². The Kier molecular flexibility index (Phi) is 4.32. The molecule has 116 valence electrons. The lowest BCUT2D eigenvalue weighted by atomic mass is 10.2. The summed E-state index contributed by atoms with van der Waals surface area (Å²) in [7, 11) is 1.28. The highest BCUT2D eigenvalue weighted by molar-refractivity contribution is 6.42. The number of ether oxygens (including phenoxy) is 1. The SMILES string of the molecule is COC(=O)c1nc(Nc2ccc(Cl)c(Cl)c2)c2ccccc2n1. The van der Waals surface area contributed by atoms with Gasteiger partial charge in [0, 0.05) is 11.1 Å². The number of para-hydroxylation sites is 1. The van der Waals surface area contributed by atoms with Crippen molar-refractivity contribution in [3.8, 4) is 0 Å². The first-order valence-electron chi connectivity index (χ1n) is 6.65. The lowest BCUT2D eigenvalue weighted by Crippen LogP contribution is -2.09. The van der Waals surface area contributed by atoms with Crippen molar-refractivity contribution < 1.29 is 9.53 Å². The molecule has 0 spiro atoms. The molecule has 0 aliphatic carbocycles. The van der Waals surface area contributed by atoms with E-state index in [4.69, 9.17) is 27.9 Å². The van der Waals surface area contributed by atoms with Crippen molar-refractivity contribution in [3.63, 3.8) is 0 Å². The lowest BCUT2D eigenvalue weighted by molar-refractivity contribution is 0.0587. The fraction of sp³-hybridized carbons (Fsp3) is 0.0625. The Bertz CT molecular complexity index is 900. The summed E-state index contributed by atoms with van der Waals surface area (Å²) in [6.07, 6.45) is 0. The minimum atomic E-state index is -0.604. The van der Waals surface area contributed by atoms with Crippen LogP contribution in [-0.4, -0.2) is 23.0 Å². The van der Waals surface area contributed by atoms with Crippen molar-refractivity contribution in [2.24, 2.45) is 0 Å². The zero-order chi connectivity index (χ0) is 16.4. The van der Waals surface area contributed by atoms with Gasteiger partial charge in [-0.15, -0.1) is 0 Å². The Morgan fingerprint density at radius 2 is 1.87 bits per heavy atom. The number of nitrogens with zero attached hydrogens (tertiary/aromatic N) is 2. The number of methoxy groups -OCH3 is 1. The molecular weight excluding hydrogens is 337 g/mol. The molecule has 3 aromatic rings. The lowest BCUT2D eigenvalue weighted by Gasteiger charge is -2.10. The molecule has 5 nitrogen and oxygen atoms in total. The number of nitrogens with one attached hydrogen (secondary N) is 1. The molecule has 1 N–H and O–H groups in total. The van der Waals surface area contributed by atoms with Gasteiger partial charge in [0.05, 0.1) is 22.7 Å². The van der Waals surface area contributed by atoms with E-state index in [1.54, 1.807) is 24.3 Å². The molecule has 0 radical (unpaired) electrons. The number of fused-ring (bicyclic) bond motifs is 1. The molecule has 7 heteroatoms. The number of hydrogen-bond donors (Lipinski definition) is 1. The van der Waals surface area contributed by atoms with Gasteiger partial charge in [-0.3, -0.25) is 0 Å². The molecule has 0 aliphatic heterocycles. The van der Waals surface area contributed by atoms with Gasteiger partial charge in [-0.05, 0) is 30.3 Å². The molecule has 3 rings (SSSR count). The van der Waals surface area contributed by atoms with Crippen molar-refractivity contribution in [2.75, 3.05) is 12.4 Å². The largest absolute Gasteiger partial charge is 0.463 e. The van der Waals surface area contributed by atoms with Crippen LogP contribution in [0.3, 0.4) is 0 Å². The molecule has 1 aromatic heterocycles. The van der Waals surface area contributed by atoms with Crippen LogP contribution in [-0.2, 0) is 4.74 Å². The van der Waals surface area contributed by atoms with Crippen molar-refractivity contribution in [3.05, 3.63) is 58.3 Å². The van der Waals surface area contributed by atoms with E-state index >= 15 is 0 Å². The van der Waals surface area contributed by atoms with E-state index in [0.717, 1.165) is 5.39 Å². The number of aromatic nitrogens is 2. The molecule has 0 aliphatic rings. The molecule has 1 heterocycles. The number of carbonyl (C=O) groups is 1. The minimum absolute atomic E-state index is 0.0197. The molecule has 0 amide bonds. The van der Waals surface area contributed by atoms with Crippen LogP contribution < -0.4 is 5.32 Å². The van der Waals surface area contributed by atoms with Crippen LogP contribution >= 0.6 is 23.2 Å². The van der Waals surface area contributed by atoms with E-state index in [1.165, 1.54) is 7.11 Å². The zero-order valence-electron chi connectivity index (χ0n) is 12.0. The Morgan fingerprint density at radius 3 is 2.61 bits per heavy atom. The van der Waals surface area contributed by atoms with Crippen molar-refractivity contribution in [2.45, 2.75) is 0 Å². The number of esters is 1. The Balaban J connectivity index is 2.10. The average molecular weight is 348 g/mol. The highest BCUT2D eigenvalue weighted by atomic mass is 35.5. The van der Waals surface area contributed by atoms with Gasteiger partial charge in [0.2, 0.25) is 5.82 Å². The van der Waals surface area contributed by atoms with Crippen molar-refractivity contribution in [1.82, 2.24) is 9.97 Å². The van der Waals surface area contributed by atoms with Gasteiger partial charge in [0.25, 0.3) is 0 Å². The van der Waals surface area contributed by atoms with Gasteiger partial charge in [0.1, 0.15) is 5.82 Å². The van der Waals surface area contributed by atoms with E-state index < -0.39 is 5.97 Å². The van der Waals surface area contributed by atoms with E-state index in [1.807, 2.05) is 18.2 Å². The fourth-order valence-corrected chi connectivity index (χ4v) is 2.36. The summed E-state index contributed by atoms with van der Waals surface area (Å²) in [6, 6.07) is 12.5. The Labute approximate surface area is 142 Å². The molecule has 0 bridgehead atoms. The summed E-state index contributed by atoms with van der Waals surface area (Å²) < 4.78 is 4.69. The van der Waals surface area contributed by atoms with Gasteiger partial charge in [-0.1, -0.05) is 35.3 Å². The average Bonchev–Trinajstić information content (AvgIpc) is 2.57. The number of hydrogen-bond acceptors (Lipinski definition) is 5. The van der Waals surface area contributed by atoms with E-state index in [2.05, 4.69) is 15.3 Å². The van der Waals surface area contributed by atoms with Gasteiger partial charge in [-0.2, -0.15) is 0 Å². The smallest absolute Gasteiger partial charge is 0.376 e. The third kappa shape index (κ3) is 3.21. The molecule has 0 unspecified atom stereocenters. The number of benzene rings is 2. The predicted octanol–water partition coefficient (Wildman–Crippen LogP) is 4.47. The standard InChI is InChI=1S/C16H11Cl2N3O2/c1-23-16(22)15-20-13-5-3-2-4-10(13)14(21-15)19-9-6-7-11(17)12(18)8-9/h2-8H,1H3,(H,19,20,21). The molecule has 23 heavy (non-hydrogen) atoms. The van der Waals surface area contributed by atoms with Crippen LogP contribution in [0, 0.1) is 0 Å². The first-order valence-corrected chi connectivity index (χ1v) is 7.41. The van der Waals surface area contributed by atoms with E-state index in [9.17, 15) is 4.79 Å². The monoisotopic (exact) mass is 347 g/mol. The normalized spacial score (nSPS) is 10.6. The van der Waals surface area contributed by atoms with Crippen LogP contribution in [0.25, 0.3) is 10.9 Å². The van der Waals surface area contributed by atoms with Gasteiger partial charge >= 0.3 is 5.97 Å². The van der Waals surface area contributed by atoms with Crippen LogP contribution in [0.15, 0.2) is 42.5 Å². The quantitative estimate of drug-likeness (QED) is 0.708. The van der Waals surface area contributed by atoms with E-state index in [-0.39, 0.29) is 5.82 Å². The van der Waals surface area contributed by atoms with Crippen LogP contribution in [0.4, 0.5) is 11.5 Å².